The van der Waals surface area contributed by atoms with Crippen molar-refractivity contribution in [1.82, 2.24) is 4.98 Å². The van der Waals surface area contributed by atoms with Gasteiger partial charge in [0.15, 0.2) is 0 Å². The zero-order valence-corrected chi connectivity index (χ0v) is 8.47. The molecule has 0 saturated carbocycles. The number of alkyl halides is 3. The third kappa shape index (κ3) is 3.30. The van der Waals surface area contributed by atoms with Gasteiger partial charge in [-0.15, -0.1) is 0 Å². The number of nitrogens with zero attached hydrogens (tertiary/aromatic N) is 2. The fourth-order valence-corrected chi connectivity index (χ4v) is 1.12. The largest absolute Gasteiger partial charge is 0.405 e. The second kappa shape index (κ2) is 3.96. The van der Waals surface area contributed by atoms with Crippen molar-refractivity contribution in [1.29, 1.82) is 0 Å². The van der Waals surface area contributed by atoms with Gasteiger partial charge in [0, 0.05) is 7.05 Å². The number of nitrogens with two attached hydrogens (primary N) is 1. The molecule has 2 N–H and O–H groups in total. The van der Waals surface area contributed by atoms with E-state index in [1.165, 1.54) is 13.1 Å². The molecular formula is C9H12F3N3. The van der Waals surface area contributed by atoms with Crippen molar-refractivity contribution in [3.05, 3.63) is 17.8 Å². The number of hydrogen-bond donors (Lipinski definition) is 1. The van der Waals surface area contributed by atoms with Crippen molar-refractivity contribution in [3.63, 3.8) is 0 Å². The van der Waals surface area contributed by atoms with E-state index in [-0.39, 0.29) is 5.82 Å². The van der Waals surface area contributed by atoms with Gasteiger partial charge in [-0.3, -0.25) is 0 Å². The third-order valence-electron chi connectivity index (χ3n) is 1.92. The molecule has 0 saturated heterocycles. The Morgan fingerprint density at radius 1 is 1.40 bits per heavy atom. The molecule has 0 radical (unpaired) electrons. The standard InChI is InChI=1S/C9H12F3N3/c1-6-7(13)3-4-8(14-6)15(2)5-9(10,11)12/h3-4H,5,13H2,1-2H3. The molecule has 0 spiro atoms. The van der Waals surface area contributed by atoms with E-state index in [4.69, 9.17) is 5.73 Å². The summed E-state index contributed by atoms with van der Waals surface area (Å²) in [6.07, 6.45) is -4.23. The molecule has 0 amide bonds. The number of hydrogen-bond acceptors (Lipinski definition) is 3. The number of rotatable bonds is 2. The van der Waals surface area contributed by atoms with Gasteiger partial charge in [-0.1, -0.05) is 0 Å². The number of aryl methyl sites for hydroxylation is 1. The molecule has 0 aromatic carbocycles. The molecule has 0 aliphatic carbocycles. The van der Waals surface area contributed by atoms with Gasteiger partial charge >= 0.3 is 6.18 Å². The first kappa shape index (κ1) is 11.6. The molecule has 3 nitrogen and oxygen atoms in total. The molecule has 15 heavy (non-hydrogen) atoms. The monoisotopic (exact) mass is 219 g/mol. The van der Waals surface area contributed by atoms with Crippen molar-refractivity contribution in [2.24, 2.45) is 0 Å². The van der Waals surface area contributed by atoms with E-state index >= 15 is 0 Å². The topological polar surface area (TPSA) is 42.2 Å². The van der Waals surface area contributed by atoms with Gasteiger partial charge in [-0.05, 0) is 19.1 Å². The Morgan fingerprint density at radius 2 is 2.00 bits per heavy atom. The maximum atomic E-state index is 12.1. The SMILES string of the molecule is Cc1nc(N(C)CC(F)(F)F)ccc1N. The van der Waals surface area contributed by atoms with Gasteiger partial charge in [0.25, 0.3) is 0 Å². The second-order valence-corrected chi connectivity index (χ2v) is 3.32. The van der Waals surface area contributed by atoms with Gasteiger partial charge in [-0.2, -0.15) is 13.2 Å². The Bertz CT molecular complexity index is 349. The van der Waals surface area contributed by atoms with Crippen LogP contribution in [-0.4, -0.2) is 24.8 Å². The lowest BCUT2D eigenvalue weighted by atomic mass is 10.3. The van der Waals surface area contributed by atoms with Gasteiger partial charge in [-0.25, -0.2) is 4.98 Å². The van der Waals surface area contributed by atoms with Crippen molar-refractivity contribution in [3.8, 4) is 0 Å². The van der Waals surface area contributed by atoms with Crippen LogP contribution in [0, 0.1) is 6.92 Å². The Labute approximate surface area is 85.7 Å². The summed E-state index contributed by atoms with van der Waals surface area (Å²) in [6.45, 7) is 0.629. The highest BCUT2D eigenvalue weighted by atomic mass is 19.4. The van der Waals surface area contributed by atoms with E-state index in [0.717, 1.165) is 4.90 Å². The van der Waals surface area contributed by atoms with Crippen molar-refractivity contribution in [2.45, 2.75) is 13.1 Å². The minimum atomic E-state index is -4.23. The first-order valence-electron chi connectivity index (χ1n) is 4.30. The molecule has 6 heteroatoms. The highest BCUT2D eigenvalue weighted by Gasteiger charge is 2.29. The van der Waals surface area contributed by atoms with Gasteiger partial charge < -0.3 is 10.6 Å². The van der Waals surface area contributed by atoms with E-state index in [1.54, 1.807) is 13.0 Å². The normalized spacial score (nSPS) is 11.5. The molecule has 0 fully saturated rings. The van der Waals surface area contributed by atoms with Crippen molar-refractivity contribution >= 4 is 11.5 Å². The van der Waals surface area contributed by atoms with Crippen molar-refractivity contribution < 1.29 is 13.2 Å². The minimum Gasteiger partial charge on any atom is -0.397 e. The number of nitrogen functional groups attached to an aromatic ring is 1. The lowest BCUT2D eigenvalue weighted by Gasteiger charge is -2.20. The molecule has 1 aromatic rings. The van der Waals surface area contributed by atoms with Crippen LogP contribution in [0.5, 0.6) is 0 Å². The maximum Gasteiger partial charge on any atom is 0.405 e. The van der Waals surface area contributed by atoms with Gasteiger partial charge in [0.1, 0.15) is 12.4 Å². The van der Waals surface area contributed by atoms with E-state index in [9.17, 15) is 13.2 Å². The molecule has 0 aliphatic rings. The zero-order valence-electron chi connectivity index (χ0n) is 8.47. The smallest absolute Gasteiger partial charge is 0.397 e. The second-order valence-electron chi connectivity index (χ2n) is 3.32. The van der Waals surface area contributed by atoms with E-state index in [2.05, 4.69) is 4.98 Å². The van der Waals surface area contributed by atoms with Crippen LogP contribution in [0.2, 0.25) is 0 Å². The molecule has 0 unspecified atom stereocenters. The van der Waals surface area contributed by atoms with Crippen LogP contribution < -0.4 is 10.6 Å². The molecule has 0 atom stereocenters. The summed E-state index contributed by atoms with van der Waals surface area (Å²) >= 11 is 0. The van der Waals surface area contributed by atoms with Gasteiger partial charge in [0.05, 0.1) is 11.4 Å². The summed E-state index contributed by atoms with van der Waals surface area (Å²) in [5, 5.41) is 0. The molecule has 84 valence electrons. The summed E-state index contributed by atoms with van der Waals surface area (Å²) in [5.74, 6) is 0.263. The lowest BCUT2D eigenvalue weighted by Crippen LogP contribution is -2.31. The molecule has 0 aliphatic heterocycles. The summed E-state index contributed by atoms with van der Waals surface area (Å²) in [5.41, 5.74) is 6.51. The number of anilines is 2. The average molecular weight is 219 g/mol. The summed E-state index contributed by atoms with van der Waals surface area (Å²) in [6, 6.07) is 3.01. The fraction of sp³-hybridized carbons (Fsp3) is 0.444. The third-order valence-corrected chi connectivity index (χ3v) is 1.92. The highest BCUT2D eigenvalue weighted by molar-refractivity contribution is 5.50. The van der Waals surface area contributed by atoms with Crippen LogP contribution in [-0.2, 0) is 0 Å². The summed E-state index contributed by atoms with van der Waals surface area (Å²) < 4.78 is 36.2. The number of pyridine rings is 1. The zero-order chi connectivity index (χ0) is 11.6. The minimum absolute atomic E-state index is 0.263. The quantitative estimate of drug-likeness (QED) is 0.826. The van der Waals surface area contributed by atoms with Crippen LogP contribution in [0.25, 0.3) is 0 Å². The number of aromatic nitrogens is 1. The van der Waals surface area contributed by atoms with E-state index in [1.807, 2.05) is 0 Å². The Balaban J connectivity index is 2.83. The molecule has 1 aromatic heterocycles. The predicted molar refractivity (Wildman–Crippen MR) is 52.7 cm³/mol. The van der Waals surface area contributed by atoms with Crippen LogP contribution in [0.4, 0.5) is 24.7 Å². The summed E-state index contributed by atoms with van der Waals surface area (Å²) in [4.78, 5) is 4.99. The van der Waals surface area contributed by atoms with E-state index in [0.29, 0.717) is 11.4 Å². The first-order chi connectivity index (χ1) is 6.79. The van der Waals surface area contributed by atoms with Crippen LogP contribution >= 0.6 is 0 Å². The fourth-order valence-electron chi connectivity index (χ4n) is 1.12. The molecule has 1 heterocycles. The first-order valence-corrected chi connectivity index (χ1v) is 4.30. The highest BCUT2D eigenvalue weighted by Crippen LogP contribution is 2.20. The van der Waals surface area contributed by atoms with Crippen LogP contribution in [0.3, 0.4) is 0 Å². The average Bonchev–Trinajstić information content (AvgIpc) is 2.06. The predicted octanol–water partition coefficient (Wildman–Crippen LogP) is 1.97. The Morgan fingerprint density at radius 3 is 2.47 bits per heavy atom. The van der Waals surface area contributed by atoms with Gasteiger partial charge in [0.2, 0.25) is 0 Å². The molecular weight excluding hydrogens is 207 g/mol. The molecule has 1 rings (SSSR count). The number of halogens is 3. The lowest BCUT2D eigenvalue weighted by molar-refractivity contribution is -0.119. The molecule has 0 bridgehead atoms. The Kier molecular flexibility index (Phi) is 3.06. The summed E-state index contributed by atoms with van der Waals surface area (Å²) in [7, 11) is 1.34. The Hall–Kier alpha value is -1.46. The van der Waals surface area contributed by atoms with Crippen LogP contribution in [0.15, 0.2) is 12.1 Å². The van der Waals surface area contributed by atoms with E-state index < -0.39 is 12.7 Å². The van der Waals surface area contributed by atoms with Crippen LogP contribution in [0.1, 0.15) is 5.69 Å². The maximum absolute atomic E-state index is 12.1. The van der Waals surface area contributed by atoms with Crippen molar-refractivity contribution in [2.75, 3.05) is 24.2 Å².